The van der Waals surface area contributed by atoms with Gasteiger partial charge in [-0.2, -0.15) is 0 Å². The van der Waals surface area contributed by atoms with E-state index >= 15 is 0 Å². The van der Waals surface area contributed by atoms with Gasteiger partial charge in [-0.1, -0.05) is 18.6 Å². The normalized spacial score (nSPS) is 19.5. The van der Waals surface area contributed by atoms with Crippen molar-refractivity contribution in [2.45, 2.75) is 32.2 Å². The van der Waals surface area contributed by atoms with E-state index < -0.39 is 0 Å². The predicted octanol–water partition coefficient (Wildman–Crippen LogP) is 2.25. The molecule has 0 amide bonds. The van der Waals surface area contributed by atoms with Gasteiger partial charge in [0.05, 0.1) is 13.2 Å². The van der Waals surface area contributed by atoms with Crippen molar-refractivity contribution in [1.29, 1.82) is 0 Å². The first-order valence-electron chi connectivity index (χ1n) is 6.31. The highest BCUT2D eigenvalue weighted by Gasteiger charge is 2.42. The molecule has 0 aliphatic heterocycles. The van der Waals surface area contributed by atoms with E-state index in [1.807, 2.05) is 31.2 Å². The molecule has 3 heteroatoms. The lowest BCUT2D eigenvalue weighted by Gasteiger charge is -2.45. The third kappa shape index (κ3) is 2.31. The van der Waals surface area contributed by atoms with Crippen LogP contribution in [0, 0.1) is 5.41 Å². The average Bonchev–Trinajstić information content (AvgIpc) is 2.29. The molecule has 0 radical (unpaired) electrons. The van der Waals surface area contributed by atoms with Gasteiger partial charge in [0, 0.05) is 11.5 Å². The van der Waals surface area contributed by atoms with Crippen LogP contribution in [0.2, 0.25) is 0 Å². The van der Waals surface area contributed by atoms with Gasteiger partial charge in [-0.25, -0.2) is 0 Å². The molecule has 3 N–H and O–H groups in total. The Morgan fingerprint density at radius 2 is 2.00 bits per heavy atom. The summed E-state index contributed by atoms with van der Waals surface area (Å²) < 4.78 is 5.40. The Morgan fingerprint density at radius 1 is 1.35 bits per heavy atom. The van der Waals surface area contributed by atoms with E-state index in [1.54, 1.807) is 0 Å². The molecule has 0 spiro atoms. The van der Waals surface area contributed by atoms with Crippen molar-refractivity contribution in [1.82, 2.24) is 0 Å². The van der Waals surface area contributed by atoms with Crippen molar-refractivity contribution >= 4 is 0 Å². The van der Waals surface area contributed by atoms with E-state index in [1.165, 1.54) is 6.42 Å². The molecule has 0 bridgehead atoms. The summed E-state index contributed by atoms with van der Waals surface area (Å²) in [6.45, 7) is 2.82. The van der Waals surface area contributed by atoms with Crippen LogP contribution in [-0.2, 0) is 0 Å². The van der Waals surface area contributed by atoms with Crippen molar-refractivity contribution in [3.05, 3.63) is 29.8 Å². The van der Waals surface area contributed by atoms with Gasteiger partial charge in [-0.3, -0.25) is 0 Å². The second kappa shape index (κ2) is 5.07. The Kier molecular flexibility index (Phi) is 3.69. The second-order valence-electron chi connectivity index (χ2n) is 4.85. The van der Waals surface area contributed by atoms with Gasteiger partial charge in [0.15, 0.2) is 0 Å². The van der Waals surface area contributed by atoms with Gasteiger partial charge < -0.3 is 15.6 Å². The Balaban J connectivity index is 2.11. The first-order chi connectivity index (χ1) is 8.22. The minimum absolute atomic E-state index is 0.0723. The van der Waals surface area contributed by atoms with Crippen molar-refractivity contribution in [3.63, 3.8) is 0 Å². The highest BCUT2D eigenvalue weighted by atomic mass is 16.5. The van der Waals surface area contributed by atoms with Gasteiger partial charge in [0.2, 0.25) is 0 Å². The zero-order chi connectivity index (χ0) is 12.3. The summed E-state index contributed by atoms with van der Waals surface area (Å²) in [6, 6.07) is 7.83. The lowest BCUT2D eigenvalue weighted by Crippen LogP contribution is -2.43. The molecule has 1 aromatic carbocycles. The summed E-state index contributed by atoms with van der Waals surface area (Å²) in [4.78, 5) is 0. The lowest BCUT2D eigenvalue weighted by atomic mass is 9.63. The Labute approximate surface area is 103 Å². The number of nitrogens with two attached hydrogens (primary N) is 1. The summed E-state index contributed by atoms with van der Waals surface area (Å²) in [5, 5.41) is 9.50. The van der Waals surface area contributed by atoms with E-state index in [4.69, 9.17) is 10.5 Å². The first-order valence-corrected chi connectivity index (χ1v) is 6.31. The van der Waals surface area contributed by atoms with Crippen molar-refractivity contribution in [3.8, 4) is 5.75 Å². The highest BCUT2D eigenvalue weighted by Crippen LogP contribution is 2.48. The summed E-state index contributed by atoms with van der Waals surface area (Å²) in [5.74, 6) is 0.870. The number of hydrogen-bond donors (Lipinski definition) is 2. The van der Waals surface area contributed by atoms with Crippen LogP contribution in [0.4, 0.5) is 0 Å². The van der Waals surface area contributed by atoms with Crippen LogP contribution in [0.15, 0.2) is 24.3 Å². The number of benzene rings is 1. The van der Waals surface area contributed by atoms with Gasteiger partial charge >= 0.3 is 0 Å². The third-order valence-corrected chi connectivity index (χ3v) is 3.87. The number of aliphatic hydroxyl groups excluding tert-OH is 1. The monoisotopic (exact) mass is 235 g/mol. The molecule has 1 aliphatic carbocycles. The van der Waals surface area contributed by atoms with Crippen molar-refractivity contribution < 1.29 is 9.84 Å². The molecule has 1 aliphatic rings. The molecule has 1 fully saturated rings. The average molecular weight is 235 g/mol. The second-order valence-corrected chi connectivity index (χ2v) is 4.85. The van der Waals surface area contributed by atoms with Crippen LogP contribution in [-0.4, -0.2) is 18.3 Å². The molecule has 1 saturated carbocycles. The van der Waals surface area contributed by atoms with Gasteiger partial charge in [-0.05, 0) is 37.5 Å². The van der Waals surface area contributed by atoms with E-state index in [2.05, 4.69) is 0 Å². The molecule has 2 rings (SSSR count). The SMILES string of the molecule is CCOc1ccc(C(N)C2(CO)CCC2)cc1. The van der Waals surface area contributed by atoms with Crippen LogP contribution in [0.1, 0.15) is 37.8 Å². The topological polar surface area (TPSA) is 55.5 Å². The summed E-state index contributed by atoms with van der Waals surface area (Å²) in [7, 11) is 0. The maximum atomic E-state index is 9.50. The molecule has 1 aromatic rings. The minimum atomic E-state index is -0.0901. The largest absolute Gasteiger partial charge is 0.494 e. The van der Waals surface area contributed by atoms with Crippen molar-refractivity contribution in [2.75, 3.05) is 13.2 Å². The first kappa shape index (κ1) is 12.4. The van der Waals surface area contributed by atoms with Crippen molar-refractivity contribution in [2.24, 2.45) is 11.1 Å². The molecule has 1 unspecified atom stereocenters. The van der Waals surface area contributed by atoms with Crippen LogP contribution in [0.5, 0.6) is 5.75 Å². The molecule has 3 nitrogen and oxygen atoms in total. The summed E-state index contributed by atoms with van der Waals surface area (Å²) in [5.41, 5.74) is 7.26. The molecule has 0 heterocycles. The van der Waals surface area contributed by atoms with E-state index in [-0.39, 0.29) is 18.1 Å². The number of hydrogen-bond acceptors (Lipinski definition) is 3. The number of rotatable bonds is 5. The fourth-order valence-electron chi connectivity index (χ4n) is 2.49. The van der Waals surface area contributed by atoms with Crippen LogP contribution in [0.25, 0.3) is 0 Å². The number of aliphatic hydroxyl groups is 1. The predicted molar refractivity (Wildman–Crippen MR) is 67.9 cm³/mol. The smallest absolute Gasteiger partial charge is 0.119 e. The molecule has 0 saturated heterocycles. The maximum absolute atomic E-state index is 9.50. The Bertz CT molecular complexity index is 351. The minimum Gasteiger partial charge on any atom is -0.494 e. The van der Waals surface area contributed by atoms with Gasteiger partial charge in [0.1, 0.15) is 5.75 Å². The summed E-state index contributed by atoms with van der Waals surface area (Å²) in [6.07, 6.45) is 3.22. The zero-order valence-corrected chi connectivity index (χ0v) is 10.4. The van der Waals surface area contributed by atoms with E-state index in [0.29, 0.717) is 6.61 Å². The molecule has 1 atom stereocenters. The molecular weight excluding hydrogens is 214 g/mol. The standard InChI is InChI=1S/C14H21NO2/c1-2-17-12-6-4-11(5-7-12)13(15)14(10-16)8-3-9-14/h4-7,13,16H,2-3,8-10,15H2,1H3. The fourth-order valence-corrected chi connectivity index (χ4v) is 2.49. The van der Waals surface area contributed by atoms with Crippen LogP contribution >= 0.6 is 0 Å². The molecule has 17 heavy (non-hydrogen) atoms. The van der Waals surface area contributed by atoms with Gasteiger partial charge in [-0.15, -0.1) is 0 Å². The molecular formula is C14H21NO2. The zero-order valence-electron chi connectivity index (χ0n) is 10.4. The summed E-state index contributed by atoms with van der Waals surface area (Å²) >= 11 is 0. The fraction of sp³-hybridized carbons (Fsp3) is 0.571. The lowest BCUT2D eigenvalue weighted by molar-refractivity contribution is 0.0184. The quantitative estimate of drug-likeness (QED) is 0.823. The Hall–Kier alpha value is -1.06. The van der Waals surface area contributed by atoms with Crippen LogP contribution < -0.4 is 10.5 Å². The van der Waals surface area contributed by atoms with Gasteiger partial charge in [0.25, 0.3) is 0 Å². The van der Waals surface area contributed by atoms with Crippen LogP contribution in [0.3, 0.4) is 0 Å². The number of ether oxygens (including phenoxy) is 1. The van der Waals surface area contributed by atoms with E-state index in [0.717, 1.165) is 24.2 Å². The highest BCUT2D eigenvalue weighted by molar-refractivity contribution is 5.30. The molecule has 0 aromatic heterocycles. The maximum Gasteiger partial charge on any atom is 0.119 e. The molecule has 94 valence electrons. The van der Waals surface area contributed by atoms with E-state index in [9.17, 15) is 5.11 Å². The third-order valence-electron chi connectivity index (χ3n) is 3.87. The Morgan fingerprint density at radius 3 is 2.41 bits per heavy atom.